The molecule has 1 N–H and O–H groups in total. The molecule has 1 aliphatic heterocycles. The summed E-state index contributed by atoms with van der Waals surface area (Å²) in [5, 5.41) is 9.37. The van der Waals surface area contributed by atoms with E-state index in [4.69, 9.17) is 4.74 Å². The molecule has 0 spiro atoms. The molecule has 1 aromatic carbocycles. The van der Waals surface area contributed by atoms with Gasteiger partial charge in [0.1, 0.15) is 5.75 Å². The number of carboxylic acids is 1. The molecule has 2 aromatic rings. The number of aromatic nitrogens is 1. The van der Waals surface area contributed by atoms with Crippen LogP contribution in [0.15, 0.2) is 59.0 Å². The Kier molecular flexibility index (Phi) is 3.90. The standard InChI is InChI=1S/C17H12F3NO4/c18-17(19,20)16(10-21-8-4-3-7-14(21)22)12(15(23)24)9-11-5-1-2-6-13(11)25-16/h1-9H,10H2,(H,23,24). The summed E-state index contributed by atoms with van der Waals surface area (Å²) in [5.74, 6) is -1.87. The van der Waals surface area contributed by atoms with Gasteiger partial charge in [-0.25, -0.2) is 4.79 Å². The zero-order valence-electron chi connectivity index (χ0n) is 12.7. The van der Waals surface area contributed by atoms with Crippen LogP contribution in [-0.4, -0.2) is 27.4 Å². The van der Waals surface area contributed by atoms with Gasteiger partial charge in [0, 0.05) is 17.8 Å². The minimum absolute atomic E-state index is 0.103. The molecular weight excluding hydrogens is 339 g/mol. The molecule has 0 saturated heterocycles. The number of halogens is 3. The van der Waals surface area contributed by atoms with Gasteiger partial charge in [-0.2, -0.15) is 13.2 Å². The Morgan fingerprint density at radius 1 is 1.16 bits per heavy atom. The molecule has 0 radical (unpaired) electrons. The predicted molar refractivity (Wildman–Crippen MR) is 82.2 cm³/mol. The van der Waals surface area contributed by atoms with Crippen LogP contribution < -0.4 is 10.3 Å². The molecule has 0 fully saturated rings. The van der Waals surface area contributed by atoms with Gasteiger partial charge in [-0.05, 0) is 18.2 Å². The fourth-order valence-corrected chi connectivity index (χ4v) is 2.69. The number of carboxylic acid groups (broad SMARTS) is 1. The van der Waals surface area contributed by atoms with E-state index in [0.717, 1.165) is 22.9 Å². The van der Waals surface area contributed by atoms with Crippen molar-refractivity contribution < 1.29 is 27.8 Å². The minimum Gasteiger partial charge on any atom is -0.478 e. The lowest BCUT2D eigenvalue weighted by Crippen LogP contribution is -2.58. The van der Waals surface area contributed by atoms with Crippen LogP contribution >= 0.6 is 0 Å². The van der Waals surface area contributed by atoms with E-state index >= 15 is 0 Å². The molecule has 0 bridgehead atoms. The monoisotopic (exact) mass is 351 g/mol. The van der Waals surface area contributed by atoms with Gasteiger partial charge in [0.2, 0.25) is 0 Å². The topological polar surface area (TPSA) is 68.5 Å². The second kappa shape index (κ2) is 5.80. The van der Waals surface area contributed by atoms with E-state index in [9.17, 15) is 27.9 Å². The quantitative estimate of drug-likeness (QED) is 0.923. The Balaban J connectivity index is 2.23. The van der Waals surface area contributed by atoms with Crippen LogP contribution in [-0.2, 0) is 11.3 Å². The molecule has 0 aliphatic carbocycles. The highest BCUT2D eigenvalue weighted by Gasteiger charge is 2.63. The average molecular weight is 351 g/mol. The second-order valence-electron chi connectivity index (χ2n) is 5.49. The molecule has 3 rings (SSSR count). The van der Waals surface area contributed by atoms with Crippen molar-refractivity contribution in [1.29, 1.82) is 0 Å². The highest BCUT2D eigenvalue weighted by molar-refractivity contribution is 5.96. The number of hydrogen-bond donors (Lipinski definition) is 1. The van der Waals surface area contributed by atoms with Crippen LogP contribution in [0.4, 0.5) is 13.2 Å². The van der Waals surface area contributed by atoms with Crippen LogP contribution in [0.2, 0.25) is 0 Å². The number of pyridine rings is 1. The van der Waals surface area contributed by atoms with Gasteiger partial charge in [-0.1, -0.05) is 24.3 Å². The van der Waals surface area contributed by atoms with Crippen molar-refractivity contribution in [3.05, 3.63) is 70.2 Å². The predicted octanol–water partition coefficient (Wildman–Crippen LogP) is 2.71. The fourth-order valence-electron chi connectivity index (χ4n) is 2.69. The van der Waals surface area contributed by atoms with Crippen LogP contribution in [0.1, 0.15) is 5.56 Å². The third kappa shape index (κ3) is 2.79. The summed E-state index contributed by atoms with van der Waals surface area (Å²) in [4.78, 5) is 23.4. The van der Waals surface area contributed by atoms with E-state index in [1.165, 1.54) is 30.3 Å². The van der Waals surface area contributed by atoms with Crippen LogP contribution in [0.3, 0.4) is 0 Å². The van der Waals surface area contributed by atoms with Gasteiger partial charge in [-0.15, -0.1) is 0 Å². The van der Waals surface area contributed by atoms with Gasteiger partial charge in [0.05, 0.1) is 12.1 Å². The number of ether oxygens (including phenoxy) is 1. The van der Waals surface area contributed by atoms with Crippen molar-refractivity contribution in [2.45, 2.75) is 18.3 Å². The Bertz CT molecular complexity index is 916. The number of alkyl halides is 3. The number of benzene rings is 1. The normalized spacial score (nSPS) is 19.6. The van der Waals surface area contributed by atoms with Crippen LogP contribution in [0.25, 0.3) is 6.08 Å². The number of para-hydroxylation sites is 1. The Hall–Kier alpha value is -3.03. The maximum absolute atomic E-state index is 14.0. The summed E-state index contributed by atoms with van der Waals surface area (Å²) >= 11 is 0. The number of carbonyl (C=O) groups is 1. The zero-order valence-corrected chi connectivity index (χ0v) is 12.7. The summed E-state index contributed by atoms with van der Waals surface area (Å²) in [6.45, 7) is -1.01. The molecule has 0 saturated carbocycles. The van der Waals surface area contributed by atoms with Gasteiger partial charge in [0.25, 0.3) is 11.2 Å². The first-order valence-corrected chi connectivity index (χ1v) is 7.20. The van der Waals surface area contributed by atoms with Crippen molar-refractivity contribution >= 4 is 12.0 Å². The highest BCUT2D eigenvalue weighted by atomic mass is 19.4. The van der Waals surface area contributed by atoms with Gasteiger partial charge in [-0.3, -0.25) is 4.79 Å². The molecular formula is C17H12F3NO4. The van der Waals surface area contributed by atoms with Crippen LogP contribution in [0, 0.1) is 0 Å². The molecule has 25 heavy (non-hydrogen) atoms. The van der Waals surface area contributed by atoms with Crippen molar-refractivity contribution in [3.8, 4) is 5.75 Å². The minimum atomic E-state index is -5.07. The highest BCUT2D eigenvalue weighted by Crippen LogP contribution is 2.46. The summed E-state index contributed by atoms with van der Waals surface area (Å²) in [6.07, 6.45) is -2.98. The number of aliphatic carboxylic acids is 1. The number of nitrogens with zero attached hydrogens (tertiary/aromatic N) is 1. The first-order chi connectivity index (χ1) is 11.7. The maximum atomic E-state index is 14.0. The van der Waals surface area contributed by atoms with E-state index in [0.29, 0.717) is 0 Å². The van der Waals surface area contributed by atoms with E-state index < -0.39 is 35.4 Å². The molecule has 1 aliphatic rings. The largest absolute Gasteiger partial charge is 0.478 e. The lowest BCUT2D eigenvalue weighted by atomic mass is 9.87. The lowest BCUT2D eigenvalue weighted by Gasteiger charge is -2.39. The Labute approximate surface area is 139 Å². The second-order valence-corrected chi connectivity index (χ2v) is 5.49. The van der Waals surface area contributed by atoms with Crippen molar-refractivity contribution in [3.63, 3.8) is 0 Å². The van der Waals surface area contributed by atoms with Gasteiger partial charge >= 0.3 is 12.1 Å². The molecule has 5 nitrogen and oxygen atoms in total. The molecule has 2 heterocycles. The van der Waals surface area contributed by atoms with Crippen molar-refractivity contribution in [1.82, 2.24) is 4.57 Å². The smallest absolute Gasteiger partial charge is 0.434 e. The van der Waals surface area contributed by atoms with Crippen LogP contribution in [0.5, 0.6) is 5.75 Å². The first-order valence-electron chi connectivity index (χ1n) is 7.20. The maximum Gasteiger partial charge on any atom is 0.434 e. The summed E-state index contributed by atoms with van der Waals surface area (Å²) < 4.78 is 47.9. The molecule has 0 amide bonds. The van der Waals surface area contributed by atoms with E-state index in [1.807, 2.05) is 0 Å². The first kappa shape index (κ1) is 16.8. The molecule has 8 heteroatoms. The average Bonchev–Trinajstić information content (AvgIpc) is 2.55. The summed E-state index contributed by atoms with van der Waals surface area (Å²) in [7, 11) is 0. The molecule has 1 aromatic heterocycles. The van der Waals surface area contributed by atoms with E-state index in [2.05, 4.69) is 0 Å². The number of rotatable bonds is 3. The fraction of sp³-hybridized carbons (Fsp3) is 0.176. The SMILES string of the molecule is O=C(O)C1=Cc2ccccc2OC1(Cn1ccccc1=O)C(F)(F)F. The Morgan fingerprint density at radius 3 is 2.48 bits per heavy atom. The molecule has 130 valence electrons. The van der Waals surface area contributed by atoms with E-state index in [1.54, 1.807) is 6.07 Å². The molecule has 1 unspecified atom stereocenters. The number of hydrogen-bond acceptors (Lipinski definition) is 3. The summed E-state index contributed by atoms with van der Waals surface area (Å²) in [6, 6.07) is 9.65. The van der Waals surface area contributed by atoms with E-state index in [-0.39, 0.29) is 11.3 Å². The molecule has 1 atom stereocenters. The summed E-state index contributed by atoms with van der Waals surface area (Å²) in [5.41, 5.74) is -4.63. The van der Waals surface area contributed by atoms with Crippen molar-refractivity contribution in [2.75, 3.05) is 0 Å². The Morgan fingerprint density at radius 2 is 1.84 bits per heavy atom. The van der Waals surface area contributed by atoms with Gasteiger partial charge < -0.3 is 14.4 Å². The third-order valence-electron chi connectivity index (χ3n) is 3.92. The van der Waals surface area contributed by atoms with Crippen molar-refractivity contribution in [2.24, 2.45) is 0 Å². The third-order valence-corrected chi connectivity index (χ3v) is 3.92. The lowest BCUT2D eigenvalue weighted by molar-refractivity contribution is -0.240. The van der Waals surface area contributed by atoms with Gasteiger partial charge in [0.15, 0.2) is 0 Å². The number of fused-ring (bicyclic) bond motifs is 1. The zero-order chi connectivity index (χ0) is 18.2.